The molecule has 24 heavy (non-hydrogen) atoms. The van der Waals surface area contributed by atoms with E-state index in [2.05, 4.69) is 0 Å². The molecule has 2 aromatic carbocycles. The van der Waals surface area contributed by atoms with Crippen LogP contribution in [0, 0.1) is 11.3 Å². The first-order valence-corrected chi connectivity index (χ1v) is 7.10. The highest BCUT2D eigenvalue weighted by molar-refractivity contribution is 6.48. The second-order valence-corrected chi connectivity index (χ2v) is 5.03. The van der Waals surface area contributed by atoms with Crippen LogP contribution in [-0.4, -0.2) is 26.2 Å². The average Bonchev–Trinajstić information content (AvgIpc) is 3.07. The molecule has 7 heteroatoms. The van der Waals surface area contributed by atoms with Gasteiger partial charge >= 0.3 is 7.48 Å². The molecule has 0 unspecified atom stereocenters. The fourth-order valence-corrected chi connectivity index (χ4v) is 2.20. The van der Waals surface area contributed by atoms with Crippen molar-refractivity contribution in [1.82, 2.24) is 0 Å². The summed E-state index contributed by atoms with van der Waals surface area (Å²) in [6.45, 7) is 0.0791. The quantitative estimate of drug-likeness (QED) is 0.453. The van der Waals surface area contributed by atoms with Crippen LogP contribution < -0.4 is 14.9 Å². The van der Waals surface area contributed by atoms with Crippen LogP contribution in [0.2, 0.25) is 0 Å². The molecule has 0 aromatic heterocycles. The van der Waals surface area contributed by atoms with Crippen LogP contribution >= 0.6 is 0 Å². The molecule has 117 valence electrons. The van der Waals surface area contributed by atoms with Gasteiger partial charge in [-0.1, -0.05) is 6.07 Å². The number of benzene rings is 2. The number of rotatable bonds is 6. The van der Waals surface area contributed by atoms with Gasteiger partial charge in [0.25, 0.3) is 0 Å². The van der Waals surface area contributed by atoms with Gasteiger partial charge in [-0.3, -0.25) is 9.59 Å². The van der Waals surface area contributed by atoms with Gasteiger partial charge in [0, 0.05) is 6.07 Å². The summed E-state index contributed by atoms with van der Waals surface area (Å²) in [5, 5.41) is 9.08. The molecule has 1 radical (unpaired) electrons. The Morgan fingerprint density at radius 3 is 2.88 bits per heavy atom. The number of aldehydes is 1. The monoisotopic (exact) mass is 320 g/mol. The predicted molar refractivity (Wildman–Crippen MR) is 84.4 cm³/mol. The second kappa shape index (κ2) is 6.98. The number of nitriles is 1. The first kappa shape index (κ1) is 15.8. The normalized spacial score (nSPS) is 11.8. The van der Waals surface area contributed by atoms with Crippen LogP contribution in [0.4, 0.5) is 0 Å². The lowest BCUT2D eigenvalue weighted by Gasteiger charge is -2.10. The molecule has 3 rings (SSSR count). The van der Waals surface area contributed by atoms with Gasteiger partial charge in [0.15, 0.2) is 12.9 Å². The van der Waals surface area contributed by atoms with E-state index < -0.39 is 12.4 Å². The Morgan fingerprint density at radius 1 is 1.29 bits per heavy atom. The van der Waals surface area contributed by atoms with E-state index in [1.807, 2.05) is 18.2 Å². The summed E-state index contributed by atoms with van der Waals surface area (Å²) >= 11 is 0. The molecule has 0 amide bonds. The maximum atomic E-state index is 11.0. The lowest BCUT2D eigenvalue weighted by molar-refractivity contribution is -0.131. The first-order chi connectivity index (χ1) is 11.7. The molecule has 1 aliphatic rings. The molecule has 0 bridgehead atoms. The van der Waals surface area contributed by atoms with Crippen LogP contribution in [0.5, 0.6) is 17.2 Å². The van der Waals surface area contributed by atoms with Crippen molar-refractivity contribution in [2.75, 3.05) is 6.61 Å². The van der Waals surface area contributed by atoms with Gasteiger partial charge in [-0.25, -0.2) is 0 Å². The third-order valence-corrected chi connectivity index (χ3v) is 3.37. The molecular weight excluding hydrogens is 309 g/mol. The zero-order chi connectivity index (χ0) is 16.9. The van der Waals surface area contributed by atoms with Crippen molar-refractivity contribution in [3.8, 4) is 23.3 Å². The van der Waals surface area contributed by atoms with Crippen molar-refractivity contribution in [3.63, 3.8) is 0 Å². The summed E-state index contributed by atoms with van der Waals surface area (Å²) < 4.78 is 16.2. The summed E-state index contributed by atoms with van der Waals surface area (Å²) in [5.41, 5.74) is 2.28. The van der Waals surface area contributed by atoms with E-state index in [-0.39, 0.29) is 17.6 Å². The van der Waals surface area contributed by atoms with E-state index in [1.54, 1.807) is 19.6 Å². The third-order valence-electron chi connectivity index (χ3n) is 3.37. The minimum atomic E-state index is -0.708. The Hall–Kier alpha value is -3.11. The summed E-state index contributed by atoms with van der Waals surface area (Å²) in [6, 6.07) is 12.2. The second-order valence-electron chi connectivity index (χ2n) is 5.03. The number of carbonyl (C=O) groups is 2. The van der Waals surface area contributed by atoms with Crippen molar-refractivity contribution in [2.45, 2.75) is 6.61 Å². The van der Waals surface area contributed by atoms with Gasteiger partial charge in [-0.15, -0.1) is 0 Å². The van der Waals surface area contributed by atoms with Crippen molar-refractivity contribution in [2.24, 2.45) is 0 Å². The highest BCUT2D eigenvalue weighted by atomic mass is 16.5. The van der Waals surface area contributed by atoms with Crippen LogP contribution in [0.25, 0.3) is 0 Å². The molecule has 1 heterocycles. The molecule has 2 aromatic rings. The van der Waals surface area contributed by atoms with Crippen LogP contribution in [-0.2, 0) is 20.9 Å². The molecule has 0 saturated heterocycles. The van der Waals surface area contributed by atoms with Gasteiger partial charge in [0.05, 0.1) is 12.2 Å². The minimum Gasteiger partial charge on any atom is -0.484 e. The number of Topliss-reactive ketones (excluding diaryl/α,β-unsaturated/α-hetero) is 1. The van der Waals surface area contributed by atoms with Crippen LogP contribution in [0.1, 0.15) is 11.1 Å². The van der Waals surface area contributed by atoms with Crippen molar-refractivity contribution >= 4 is 25.0 Å². The van der Waals surface area contributed by atoms with E-state index in [4.69, 9.17) is 19.4 Å². The highest BCUT2D eigenvalue weighted by Crippen LogP contribution is 2.29. The lowest BCUT2D eigenvalue weighted by atomic mass is 9.87. The highest BCUT2D eigenvalue weighted by Gasteiger charge is 2.14. The number of ether oxygens (including phenoxy) is 2. The van der Waals surface area contributed by atoms with Gasteiger partial charge in [0.1, 0.15) is 23.3 Å². The minimum absolute atomic E-state index is 0.177. The summed E-state index contributed by atoms with van der Waals surface area (Å²) in [6.07, 6.45) is 0.177. The summed E-state index contributed by atoms with van der Waals surface area (Å²) in [5.74, 6) is 0.542. The standard InChI is InChI=1S/C17H11BNO5/c19-7-11-1-2-15(6-17(11)22-10-13(21)8-20)24-14-3-4-16-12(5-14)9-23-18-16/h1-6,8H,9-10H2. The number of hydrogen-bond acceptors (Lipinski definition) is 6. The fourth-order valence-electron chi connectivity index (χ4n) is 2.20. The largest absolute Gasteiger partial charge is 0.484 e. The Labute approximate surface area is 138 Å². The number of nitrogens with zero attached hydrogens (tertiary/aromatic N) is 1. The molecule has 0 fully saturated rings. The van der Waals surface area contributed by atoms with E-state index >= 15 is 0 Å². The Bertz CT molecular complexity index is 843. The molecule has 0 atom stereocenters. The van der Waals surface area contributed by atoms with E-state index in [1.165, 1.54) is 12.1 Å². The van der Waals surface area contributed by atoms with Gasteiger partial charge < -0.3 is 14.1 Å². The Balaban J connectivity index is 1.79. The molecule has 0 N–H and O–H groups in total. The van der Waals surface area contributed by atoms with Gasteiger partial charge in [-0.2, -0.15) is 5.26 Å². The SMILES string of the molecule is N#Cc1ccc(Oc2ccc3c(c2)CO[B]3)cc1OCC(=O)C=O. The molecule has 0 spiro atoms. The molecular formula is C17H11BNO5. The number of hydrogen-bond donors (Lipinski definition) is 0. The van der Waals surface area contributed by atoms with Crippen LogP contribution in [0.3, 0.4) is 0 Å². The zero-order valence-electron chi connectivity index (χ0n) is 12.5. The van der Waals surface area contributed by atoms with E-state index in [0.717, 1.165) is 11.0 Å². The van der Waals surface area contributed by atoms with Crippen molar-refractivity contribution in [3.05, 3.63) is 47.5 Å². The fraction of sp³-hybridized carbons (Fsp3) is 0.118. The summed E-state index contributed by atoms with van der Waals surface area (Å²) in [7, 11) is 1.69. The molecule has 0 saturated carbocycles. The first-order valence-electron chi connectivity index (χ1n) is 7.10. The maximum absolute atomic E-state index is 11.0. The van der Waals surface area contributed by atoms with E-state index in [9.17, 15) is 9.59 Å². The zero-order valence-corrected chi connectivity index (χ0v) is 12.5. The number of carbonyl (C=O) groups excluding carboxylic acids is 2. The lowest BCUT2D eigenvalue weighted by Crippen LogP contribution is -2.12. The summed E-state index contributed by atoms with van der Waals surface area (Å²) in [4.78, 5) is 21.4. The van der Waals surface area contributed by atoms with Crippen LogP contribution in [0.15, 0.2) is 36.4 Å². The maximum Gasteiger partial charge on any atom is 0.330 e. The Kier molecular flexibility index (Phi) is 4.59. The topological polar surface area (TPSA) is 85.6 Å². The van der Waals surface area contributed by atoms with Crippen molar-refractivity contribution in [1.29, 1.82) is 5.26 Å². The van der Waals surface area contributed by atoms with Gasteiger partial charge in [0.2, 0.25) is 5.78 Å². The smallest absolute Gasteiger partial charge is 0.330 e. The predicted octanol–water partition coefficient (Wildman–Crippen LogP) is 1.27. The number of fused-ring (bicyclic) bond motifs is 1. The molecule has 1 aliphatic heterocycles. The van der Waals surface area contributed by atoms with E-state index in [0.29, 0.717) is 18.1 Å². The molecule has 6 nitrogen and oxygen atoms in total. The van der Waals surface area contributed by atoms with Gasteiger partial charge in [-0.05, 0) is 35.3 Å². The average molecular weight is 320 g/mol. The third kappa shape index (κ3) is 3.45. The Morgan fingerprint density at radius 2 is 2.08 bits per heavy atom. The van der Waals surface area contributed by atoms with Crippen molar-refractivity contribution < 1.29 is 23.7 Å². The number of ketones is 1. The molecule has 0 aliphatic carbocycles.